The fourth-order valence-corrected chi connectivity index (χ4v) is 4.26. The highest BCUT2D eigenvalue weighted by Gasteiger charge is 2.46. The summed E-state index contributed by atoms with van der Waals surface area (Å²) in [5, 5.41) is 3.86. The predicted octanol–water partition coefficient (Wildman–Crippen LogP) is 3.87. The summed E-state index contributed by atoms with van der Waals surface area (Å²) < 4.78 is 5.39. The smallest absolute Gasteiger partial charge is 0.165 e. The van der Waals surface area contributed by atoms with Gasteiger partial charge in [-0.3, -0.25) is 9.98 Å². The average molecular weight is 370 g/mol. The minimum atomic E-state index is -0.553. The second kappa shape index (κ2) is 6.68. The molecule has 3 aromatic rings. The van der Waals surface area contributed by atoms with Gasteiger partial charge >= 0.3 is 0 Å². The van der Waals surface area contributed by atoms with Gasteiger partial charge in [0, 0.05) is 47.9 Å². The van der Waals surface area contributed by atoms with Crippen molar-refractivity contribution in [1.29, 1.82) is 0 Å². The van der Waals surface area contributed by atoms with Crippen molar-refractivity contribution in [1.82, 2.24) is 9.88 Å². The number of aliphatic imine (C=N–C) groups is 1. The Labute approximate surface area is 164 Å². The standard InChI is InChI=1S/C23H22N4O/c1-28-19-9-7-17(8-10-19)23(18-11-14-24-15-12-18)26-21-6-3-2-5-20(21)22-25-13-4-16-27(22)23/h2-3,5-12,14-15,26H,4,13,16H2,1H3. The van der Waals surface area contributed by atoms with Crippen LogP contribution in [0.5, 0.6) is 5.75 Å². The first-order chi connectivity index (χ1) is 13.8. The summed E-state index contributed by atoms with van der Waals surface area (Å²) in [6.45, 7) is 1.78. The summed E-state index contributed by atoms with van der Waals surface area (Å²) >= 11 is 0. The Balaban J connectivity index is 1.79. The number of anilines is 1. The molecule has 1 N–H and O–H groups in total. The van der Waals surface area contributed by atoms with Gasteiger partial charge in [0.25, 0.3) is 0 Å². The molecule has 0 fully saturated rings. The number of hydrogen-bond donors (Lipinski definition) is 1. The molecule has 0 spiro atoms. The van der Waals surface area contributed by atoms with Gasteiger partial charge in [0.2, 0.25) is 0 Å². The van der Waals surface area contributed by atoms with Gasteiger partial charge in [0.1, 0.15) is 11.6 Å². The molecule has 0 bridgehead atoms. The lowest BCUT2D eigenvalue weighted by Gasteiger charge is -2.52. The Bertz CT molecular complexity index is 1020. The summed E-state index contributed by atoms with van der Waals surface area (Å²) in [4.78, 5) is 11.6. The first-order valence-electron chi connectivity index (χ1n) is 9.57. The maximum Gasteiger partial charge on any atom is 0.165 e. The van der Waals surface area contributed by atoms with Crippen LogP contribution >= 0.6 is 0 Å². The topological polar surface area (TPSA) is 49.8 Å². The second-order valence-electron chi connectivity index (χ2n) is 7.06. The molecule has 1 unspecified atom stereocenters. The Morgan fingerprint density at radius 1 is 0.964 bits per heavy atom. The van der Waals surface area contributed by atoms with Gasteiger partial charge in [0.05, 0.1) is 7.11 Å². The third kappa shape index (κ3) is 2.47. The van der Waals surface area contributed by atoms with E-state index >= 15 is 0 Å². The molecular formula is C23H22N4O. The van der Waals surface area contributed by atoms with Crippen molar-refractivity contribution in [2.75, 3.05) is 25.5 Å². The molecule has 0 radical (unpaired) electrons. The molecule has 5 heteroatoms. The molecule has 2 aliphatic heterocycles. The fraction of sp³-hybridized carbons (Fsp3) is 0.217. The van der Waals surface area contributed by atoms with Gasteiger partial charge in [0.15, 0.2) is 5.66 Å². The minimum absolute atomic E-state index is 0.553. The van der Waals surface area contributed by atoms with E-state index in [0.29, 0.717) is 0 Å². The Morgan fingerprint density at radius 2 is 1.71 bits per heavy atom. The van der Waals surface area contributed by atoms with Crippen molar-refractivity contribution < 1.29 is 4.74 Å². The van der Waals surface area contributed by atoms with Gasteiger partial charge in [-0.2, -0.15) is 0 Å². The molecular weight excluding hydrogens is 348 g/mol. The van der Waals surface area contributed by atoms with E-state index in [-0.39, 0.29) is 0 Å². The summed E-state index contributed by atoms with van der Waals surface area (Å²) in [6.07, 6.45) is 4.73. The minimum Gasteiger partial charge on any atom is -0.497 e. The number of aromatic nitrogens is 1. The van der Waals surface area contributed by atoms with Gasteiger partial charge in [-0.25, -0.2) is 0 Å². The van der Waals surface area contributed by atoms with Crippen LogP contribution in [-0.2, 0) is 5.66 Å². The molecule has 2 aromatic carbocycles. The van der Waals surface area contributed by atoms with E-state index in [1.54, 1.807) is 7.11 Å². The van der Waals surface area contributed by atoms with Gasteiger partial charge in [-0.1, -0.05) is 24.3 Å². The van der Waals surface area contributed by atoms with Crippen LogP contribution in [0.4, 0.5) is 5.69 Å². The zero-order valence-corrected chi connectivity index (χ0v) is 15.8. The molecule has 3 heterocycles. The maximum absolute atomic E-state index is 5.39. The fourth-order valence-electron chi connectivity index (χ4n) is 4.26. The van der Waals surface area contributed by atoms with Gasteiger partial charge in [-0.05, 0) is 42.8 Å². The lowest BCUT2D eigenvalue weighted by atomic mass is 9.85. The maximum atomic E-state index is 5.39. The van der Waals surface area contributed by atoms with E-state index in [0.717, 1.165) is 53.5 Å². The third-order valence-corrected chi connectivity index (χ3v) is 5.55. The van der Waals surface area contributed by atoms with Crippen molar-refractivity contribution in [3.63, 3.8) is 0 Å². The lowest BCUT2D eigenvalue weighted by molar-refractivity contribution is 0.235. The van der Waals surface area contributed by atoms with Crippen molar-refractivity contribution in [2.45, 2.75) is 12.1 Å². The second-order valence-corrected chi connectivity index (χ2v) is 7.06. The van der Waals surface area contributed by atoms with Crippen LogP contribution in [0.1, 0.15) is 23.1 Å². The molecule has 1 atom stereocenters. The number of pyridine rings is 1. The summed E-state index contributed by atoms with van der Waals surface area (Å²) in [5.41, 5.74) is 3.97. The van der Waals surface area contributed by atoms with Gasteiger partial charge in [-0.15, -0.1) is 0 Å². The van der Waals surface area contributed by atoms with Crippen molar-refractivity contribution >= 4 is 11.5 Å². The molecule has 2 aliphatic rings. The van der Waals surface area contributed by atoms with E-state index < -0.39 is 5.66 Å². The van der Waals surface area contributed by atoms with Crippen LogP contribution in [0.3, 0.4) is 0 Å². The zero-order chi connectivity index (χ0) is 19.0. The Morgan fingerprint density at radius 3 is 2.50 bits per heavy atom. The highest BCUT2D eigenvalue weighted by atomic mass is 16.5. The van der Waals surface area contributed by atoms with E-state index in [2.05, 4.69) is 63.7 Å². The van der Waals surface area contributed by atoms with E-state index in [4.69, 9.17) is 9.73 Å². The molecule has 5 rings (SSSR count). The SMILES string of the molecule is COc1ccc(C2(c3ccncc3)Nc3ccccc3C3=NCCCN32)cc1. The molecule has 0 aliphatic carbocycles. The number of para-hydroxylation sites is 1. The van der Waals surface area contributed by atoms with Crippen LogP contribution in [0, 0.1) is 0 Å². The summed E-state index contributed by atoms with van der Waals surface area (Å²) in [6, 6.07) is 20.9. The lowest BCUT2D eigenvalue weighted by Crippen LogP contribution is -2.59. The van der Waals surface area contributed by atoms with Crippen molar-refractivity contribution in [3.8, 4) is 5.75 Å². The quantitative estimate of drug-likeness (QED) is 0.760. The molecule has 140 valence electrons. The molecule has 5 nitrogen and oxygen atoms in total. The van der Waals surface area contributed by atoms with E-state index in [1.807, 2.05) is 24.5 Å². The first-order valence-corrected chi connectivity index (χ1v) is 9.57. The highest BCUT2D eigenvalue weighted by Crippen LogP contribution is 2.44. The van der Waals surface area contributed by atoms with Gasteiger partial charge < -0.3 is 15.0 Å². The molecule has 0 saturated carbocycles. The number of benzene rings is 2. The molecule has 0 saturated heterocycles. The van der Waals surface area contributed by atoms with E-state index in [1.165, 1.54) is 0 Å². The summed E-state index contributed by atoms with van der Waals surface area (Å²) in [7, 11) is 1.69. The first kappa shape index (κ1) is 16.8. The third-order valence-electron chi connectivity index (χ3n) is 5.55. The van der Waals surface area contributed by atoms with Crippen molar-refractivity contribution in [2.24, 2.45) is 4.99 Å². The largest absolute Gasteiger partial charge is 0.497 e. The molecule has 28 heavy (non-hydrogen) atoms. The number of fused-ring (bicyclic) bond motifs is 3. The predicted molar refractivity (Wildman–Crippen MR) is 111 cm³/mol. The van der Waals surface area contributed by atoms with Crippen LogP contribution in [-0.4, -0.2) is 35.9 Å². The monoisotopic (exact) mass is 370 g/mol. The molecule has 0 amide bonds. The number of ether oxygens (including phenoxy) is 1. The number of rotatable bonds is 3. The highest BCUT2D eigenvalue weighted by molar-refractivity contribution is 6.06. The number of nitrogens with one attached hydrogen (secondary N) is 1. The Hall–Kier alpha value is -3.34. The van der Waals surface area contributed by atoms with E-state index in [9.17, 15) is 0 Å². The normalized spacial score (nSPS) is 20.5. The van der Waals surface area contributed by atoms with Crippen LogP contribution in [0.25, 0.3) is 0 Å². The zero-order valence-electron chi connectivity index (χ0n) is 15.8. The van der Waals surface area contributed by atoms with Crippen LogP contribution < -0.4 is 10.1 Å². The number of nitrogens with zero attached hydrogens (tertiary/aromatic N) is 3. The number of methoxy groups -OCH3 is 1. The van der Waals surface area contributed by atoms with Crippen LogP contribution in [0.15, 0.2) is 78.0 Å². The Kier molecular flexibility index (Phi) is 4.01. The van der Waals surface area contributed by atoms with Crippen LogP contribution in [0.2, 0.25) is 0 Å². The number of amidine groups is 1. The molecule has 1 aromatic heterocycles. The van der Waals surface area contributed by atoms with Crippen molar-refractivity contribution in [3.05, 3.63) is 89.7 Å². The number of hydrogen-bond acceptors (Lipinski definition) is 5. The summed E-state index contributed by atoms with van der Waals surface area (Å²) in [5.74, 6) is 1.89. The average Bonchev–Trinajstić information content (AvgIpc) is 2.79.